The maximum Gasteiger partial charge on any atom is 0.259 e. The summed E-state index contributed by atoms with van der Waals surface area (Å²) in [5.41, 5.74) is 3.80. The molecule has 0 bridgehead atoms. The van der Waals surface area contributed by atoms with Gasteiger partial charge < -0.3 is 10.1 Å². The topological polar surface area (TPSA) is 38.3 Å². The van der Waals surface area contributed by atoms with E-state index in [1.54, 1.807) is 12.1 Å². The minimum Gasteiger partial charge on any atom is -0.482 e. The Morgan fingerprint density at radius 3 is 2.40 bits per heavy atom. The molecule has 0 aliphatic heterocycles. The molecule has 1 N–H and O–H groups in total. The van der Waals surface area contributed by atoms with Crippen molar-refractivity contribution in [3.8, 4) is 5.75 Å². The maximum absolute atomic E-state index is 12.4. The van der Waals surface area contributed by atoms with E-state index in [0.717, 1.165) is 16.8 Å². The Morgan fingerprint density at radius 1 is 1.10 bits per heavy atom. The molecule has 4 heteroatoms. The van der Waals surface area contributed by atoms with Crippen molar-refractivity contribution in [1.82, 2.24) is 0 Å². The van der Waals surface area contributed by atoms with Gasteiger partial charge in [-0.1, -0.05) is 30.3 Å². The standard InChI is InChI=1S/C16H16BrNO2/c1-11-6-5-7-12(2)15(11)18-16(19)13-8-3-4-9-14(13)20-10-17/h3-9H,10H2,1-2H3,(H,18,19). The minimum absolute atomic E-state index is 0.168. The van der Waals surface area contributed by atoms with E-state index in [2.05, 4.69) is 21.2 Å². The van der Waals surface area contributed by atoms with Gasteiger partial charge in [0.25, 0.3) is 5.91 Å². The van der Waals surface area contributed by atoms with Crippen molar-refractivity contribution in [2.75, 3.05) is 10.8 Å². The summed E-state index contributed by atoms with van der Waals surface area (Å²) in [6, 6.07) is 13.1. The summed E-state index contributed by atoms with van der Waals surface area (Å²) in [5.74, 6) is 0.395. The molecule has 0 unspecified atom stereocenters. The second kappa shape index (κ2) is 6.57. The summed E-state index contributed by atoms with van der Waals surface area (Å²) >= 11 is 3.21. The van der Waals surface area contributed by atoms with Gasteiger partial charge in [-0.2, -0.15) is 0 Å². The fourth-order valence-corrected chi connectivity index (χ4v) is 2.28. The zero-order valence-electron chi connectivity index (χ0n) is 11.4. The molecule has 0 heterocycles. The van der Waals surface area contributed by atoms with Gasteiger partial charge in [0.05, 0.1) is 5.56 Å². The third-order valence-corrected chi connectivity index (χ3v) is 3.29. The number of carbonyl (C=O) groups excluding carboxylic acids is 1. The predicted molar refractivity (Wildman–Crippen MR) is 84.7 cm³/mol. The highest BCUT2D eigenvalue weighted by molar-refractivity contribution is 9.09. The van der Waals surface area contributed by atoms with E-state index in [1.165, 1.54) is 0 Å². The highest BCUT2D eigenvalue weighted by atomic mass is 79.9. The van der Waals surface area contributed by atoms with E-state index < -0.39 is 0 Å². The number of para-hydroxylation sites is 2. The second-order valence-corrected chi connectivity index (χ2v) is 4.93. The number of ether oxygens (including phenoxy) is 1. The van der Waals surface area contributed by atoms with E-state index in [4.69, 9.17) is 4.74 Å². The number of anilines is 1. The Hall–Kier alpha value is -1.81. The molecule has 2 rings (SSSR count). The number of amides is 1. The average molecular weight is 334 g/mol. The predicted octanol–water partition coefficient (Wildman–Crippen LogP) is 4.29. The third-order valence-electron chi connectivity index (χ3n) is 3.06. The number of halogens is 1. The van der Waals surface area contributed by atoms with E-state index >= 15 is 0 Å². The molecule has 0 aliphatic carbocycles. The zero-order chi connectivity index (χ0) is 14.5. The molecule has 0 aromatic heterocycles. The first-order valence-corrected chi connectivity index (χ1v) is 7.41. The maximum atomic E-state index is 12.4. The Morgan fingerprint density at radius 2 is 1.75 bits per heavy atom. The van der Waals surface area contributed by atoms with E-state index in [0.29, 0.717) is 16.8 Å². The number of alkyl halides is 1. The van der Waals surface area contributed by atoms with Gasteiger partial charge in [0.1, 0.15) is 11.3 Å². The van der Waals surface area contributed by atoms with Crippen LogP contribution in [0, 0.1) is 13.8 Å². The van der Waals surface area contributed by atoms with Crippen LogP contribution in [-0.2, 0) is 0 Å². The molecule has 0 aliphatic rings. The Bertz CT molecular complexity index is 605. The molecule has 0 saturated carbocycles. The molecule has 2 aromatic carbocycles. The first kappa shape index (κ1) is 14.6. The van der Waals surface area contributed by atoms with Crippen LogP contribution in [0.4, 0.5) is 5.69 Å². The normalized spacial score (nSPS) is 10.2. The lowest BCUT2D eigenvalue weighted by Crippen LogP contribution is -2.15. The van der Waals surface area contributed by atoms with Gasteiger partial charge in [-0.15, -0.1) is 0 Å². The molecule has 3 nitrogen and oxygen atoms in total. The van der Waals surface area contributed by atoms with Crippen LogP contribution in [-0.4, -0.2) is 11.4 Å². The van der Waals surface area contributed by atoms with Gasteiger partial charge in [-0.25, -0.2) is 0 Å². The van der Waals surface area contributed by atoms with Crippen LogP contribution in [0.3, 0.4) is 0 Å². The van der Waals surface area contributed by atoms with Gasteiger partial charge in [-0.05, 0) is 53.0 Å². The van der Waals surface area contributed by atoms with Crippen molar-refractivity contribution in [3.05, 3.63) is 59.2 Å². The quantitative estimate of drug-likeness (QED) is 0.847. The molecular formula is C16H16BrNO2. The van der Waals surface area contributed by atoms with Crippen molar-refractivity contribution >= 4 is 27.5 Å². The number of aryl methyl sites for hydroxylation is 2. The lowest BCUT2D eigenvalue weighted by Gasteiger charge is -2.13. The summed E-state index contributed by atoms with van der Waals surface area (Å²) in [7, 11) is 0. The number of benzene rings is 2. The molecule has 0 spiro atoms. The fraction of sp³-hybridized carbons (Fsp3) is 0.188. The third kappa shape index (κ3) is 3.20. The number of hydrogen-bond acceptors (Lipinski definition) is 2. The Kier molecular flexibility index (Phi) is 4.79. The van der Waals surface area contributed by atoms with Gasteiger partial charge in [-0.3, -0.25) is 4.79 Å². The van der Waals surface area contributed by atoms with Crippen molar-refractivity contribution in [1.29, 1.82) is 0 Å². The second-order valence-electron chi connectivity index (χ2n) is 4.47. The zero-order valence-corrected chi connectivity index (χ0v) is 13.0. The summed E-state index contributed by atoms with van der Waals surface area (Å²) in [5, 5.41) is 2.96. The SMILES string of the molecule is Cc1cccc(C)c1NC(=O)c1ccccc1OCBr. The summed E-state index contributed by atoms with van der Waals surface area (Å²) in [4.78, 5) is 12.4. The lowest BCUT2D eigenvalue weighted by atomic mass is 10.1. The first-order chi connectivity index (χ1) is 9.63. The number of hydrogen-bond donors (Lipinski definition) is 1. The van der Waals surface area contributed by atoms with Crippen LogP contribution in [0.1, 0.15) is 21.5 Å². The van der Waals surface area contributed by atoms with Crippen LogP contribution in [0.5, 0.6) is 5.75 Å². The van der Waals surface area contributed by atoms with Crippen molar-refractivity contribution in [2.24, 2.45) is 0 Å². The van der Waals surface area contributed by atoms with Gasteiger partial charge >= 0.3 is 0 Å². The molecule has 0 saturated heterocycles. The smallest absolute Gasteiger partial charge is 0.259 e. The van der Waals surface area contributed by atoms with Gasteiger partial charge in [0.2, 0.25) is 0 Å². The van der Waals surface area contributed by atoms with E-state index in [1.807, 2.05) is 44.2 Å². The van der Waals surface area contributed by atoms with Crippen LogP contribution < -0.4 is 10.1 Å². The van der Waals surface area contributed by atoms with Crippen molar-refractivity contribution < 1.29 is 9.53 Å². The largest absolute Gasteiger partial charge is 0.482 e. The van der Waals surface area contributed by atoms with Crippen LogP contribution in [0.15, 0.2) is 42.5 Å². The van der Waals surface area contributed by atoms with Crippen molar-refractivity contribution in [2.45, 2.75) is 13.8 Å². The van der Waals surface area contributed by atoms with E-state index in [9.17, 15) is 4.79 Å². The number of rotatable bonds is 4. The van der Waals surface area contributed by atoms with Gasteiger partial charge in [0, 0.05) is 5.69 Å². The molecule has 1 amide bonds. The molecule has 20 heavy (non-hydrogen) atoms. The molecule has 0 fully saturated rings. The Labute approximate surface area is 127 Å². The molecule has 0 atom stereocenters. The van der Waals surface area contributed by atoms with E-state index in [-0.39, 0.29) is 5.91 Å². The lowest BCUT2D eigenvalue weighted by molar-refractivity contribution is 0.102. The first-order valence-electron chi connectivity index (χ1n) is 6.29. The molecular weight excluding hydrogens is 318 g/mol. The number of carbonyl (C=O) groups is 1. The van der Waals surface area contributed by atoms with Crippen molar-refractivity contribution in [3.63, 3.8) is 0 Å². The average Bonchev–Trinajstić information content (AvgIpc) is 2.44. The molecule has 2 aromatic rings. The summed E-state index contributed by atoms with van der Waals surface area (Å²) in [6.45, 7) is 3.95. The Balaban J connectivity index is 2.29. The minimum atomic E-state index is -0.168. The van der Waals surface area contributed by atoms with Crippen LogP contribution in [0.25, 0.3) is 0 Å². The fourth-order valence-electron chi connectivity index (χ4n) is 2.03. The van der Waals surface area contributed by atoms with Gasteiger partial charge in [0.15, 0.2) is 0 Å². The highest BCUT2D eigenvalue weighted by Crippen LogP contribution is 2.23. The molecule has 104 valence electrons. The highest BCUT2D eigenvalue weighted by Gasteiger charge is 2.14. The molecule has 0 radical (unpaired) electrons. The monoisotopic (exact) mass is 333 g/mol. The summed E-state index contributed by atoms with van der Waals surface area (Å²) in [6.07, 6.45) is 0. The van der Waals surface area contributed by atoms with Crippen LogP contribution >= 0.6 is 15.9 Å². The van der Waals surface area contributed by atoms with Crippen LogP contribution in [0.2, 0.25) is 0 Å². The number of nitrogens with one attached hydrogen (secondary N) is 1. The summed E-state index contributed by atoms with van der Waals surface area (Å²) < 4.78 is 5.41.